The van der Waals surface area contributed by atoms with E-state index >= 15 is 0 Å². The standard InChI is InChI=1S/C18H23NO4S2/c1-4-14(3)15-6-10-18(11-7-15)25(22,23)19-16-8-12-17(13-9-16)24(20,21)5-2/h6-14,19H,4-5H2,1-3H3. The average molecular weight is 382 g/mol. The lowest BCUT2D eigenvalue weighted by atomic mass is 9.99. The second-order valence-corrected chi connectivity index (χ2v) is 9.87. The van der Waals surface area contributed by atoms with Gasteiger partial charge in [0.2, 0.25) is 0 Å². The van der Waals surface area contributed by atoms with Crippen LogP contribution in [-0.4, -0.2) is 22.6 Å². The summed E-state index contributed by atoms with van der Waals surface area (Å²) in [5, 5.41) is 0. The van der Waals surface area contributed by atoms with Gasteiger partial charge in [0.25, 0.3) is 10.0 Å². The maximum atomic E-state index is 12.5. The fourth-order valence-electron chi connectivity index (χ4n) is 2.32. The van der Waals surface area contributed by atoms with Gasteiger partial charge in [0.1, 0.15) is 0 Å². The highest BCUT2D eigenvalue weighted by molar-refractivity contribution is 7.92. The van der Waals surface area contributed by atoms with Crippen LogP contribution in [0.25, 0.3) is 0 Å². The van der Waals surface area contributed by atoms with E-state index in [1.165, 1.54) is 24.3 Å². The highest BCUT2D eigenvalue weighted by Gasteiger charge is 2.16. The van der Waals surface area contributed by atoms with Crippen LogP contribution in [0.5, 0.6) is 0 Å². The van der Waals surface area contributed by atoms with E-state index in [2.05, 4.69) is 18.6 Å². The predicted molar refractivity (Wildman–Crippen MR) is 100 cm³/mol. The zero-order chi connectivity index (χ0) is 18.7. The van der Waals surface area contributed by atoms with Crippen molar-refractivity contribution in [3.63, 3.8) is 0 Å². The molecule has 2 rings (SSSR count). The normalized spacial score (nSPS) is 13.4. The quantitative estimate of drug-likeness (QED) is 0.791. The van der Waals surface area contributed by atoms with Crippen LogP contribution in [0.4, 0.5) is 5.69 Å². The Hall–Kier alpha value is -1.86. The molecule has 1 N–H and O–H groups in total. The molecule has 0 spiro atoms. The minimum absolute atomic E-state index is 0.000600. The molecule has 0 aliphatic heterocycles. The fraction of sp³-hybridized carbons (Fsp3) is 0.333. The predicted octanol–water partition coefficient (Wildman–Crippen LogP) is 3.79. The van der Waals surface area contributed by atoms with Crippen molar-refractivity contribution in [2.24, 2.45) is 0 Å². The summed E-state index contributed by atoms with van der Waals surface area (Å²) in [7, 11) is -7.02. The first-order valence-corrected chi connectivity index (χ1v) is 11.3. The topological polar surface area (TPSA) is 80.3 Å². The summed E-state index contributed by atoms with van der Waals surface area (Å²) >= 11 is 0. The average Bonchev–Trinajstić information content (AvgIpc) is 2.61. The molecule has 2 aromatic rings. The van der Waals surface area contributed by atoms with Gasteiger partial charge in [-0.3, -0.25) is 4.72 Å². The molecule has 0 heterocycles. The van der Waals surface area contributed by atoms with E-state index in [9.17, 15) is 16.8 Å². The smallest absolute Gasteiger partial charge is 0.261 e. The van der Waals surface area contributed by atoms with Crippen LogP contribution in [0.2, 0.25) is 0 Å². The van der Waals surface area contributed by atoms with E-state index in [4.69, 9.17) is 0 Å². The first-order chi connectivity index (χ1) is 11.7. The molecule has 0 fully saturated rings. The van der Waals surface area contributed by atoms with E-state index in [-0.39, 0.29) is 15.5 Å². The lowest BCUT2D eigenvalue weighted by Gasteiger charge is -2.12. The van der Waals surface area contributed by atoms with Crippen molar-refractivity contribution in [1.29, 1.82) is 0 Å². The van der Waals surface area contributed by atoms with Crippen molar-refractivity contribution in [3.8, 4) is 0 Å². The van der Waals surface area contributed by atoms with Gasteiger partial charge < -0.3 is 0 Å². The number of hydrogen-bond acceptors (Lipinski definition) is 4. The number of benzene rings is 2. The Kier molecular flexibility index (Phi) is 5.90. The highest BCUT2D eigenvalue weighted by Crippen LogP contribution is 2.22. The van der Waals surface area contributed by atoms with Gasteiger partial charge in [-0.15, -0.1) is 0 Å². The second-order valence-electron chi connectivity index (χ2n) is 5.91. The van der Waals surface area contributed by atoms with E-state index < -0.39 is 19.9 Å². The Bertz CT molecular complexity index is 916. The van der Waals surface area contributed by atoms with Gasteiger partial charge in [-0.25, -0.2) is 16.8 Å². The molecule has 136 valence electrons. The van der Waals surface area contributed by atoms with E-state index in [1.807, 2.05) is 12.1 Å². The van der Waals surface area contributed by atoms with Gasteiger partial charge in [0.15, 0.2) is 9.84 Å². The molecule has 0 aliphatic rings. The van der Waals surface area contributed by atoms with Crippen LogP contribution in [0, 0.1) is 0 Å². The molecule has 0 amide bonds. The Morgan fingerprint density at radius 1 is 0.840 bits per heavy atom. The number of anilines is 1. The van der Waals surface area contributed by atoms with Gasteiger partial charge in [-0.1, -0.05) is 32.9 Å². The monoisotopic (exact) mass is 381 g/mol. The minimum atomic E-state index is -3.72. The van der Waals surface area contributed by atoms with Gasteiger partial charge in [0, 0.05) is 5.69 Å². The van der Waals surface area contributed by atoms with Crippen LogP contribution >= 0.6 is 0 Å². The molecule has 0 saturated carbocycles. The summed E-state index contributed by atoms with van der Waals surface area (Å²) < 4.78 is 51.0. The third kappa shape index (κ3) is 4.61. The van der Waals surface area contributed by atoms with Crippen LogP contribution in [0.1, 0.15) is 38.7 Å². The summed E-state index contributed by atoms with van der Waals surface area (Å²) in [5.74, 6) is 0.374. The van der Waals surface area contributed by atoms with E-state index in [0.29, 0.717) is 11.6 Å². The molecule has 25 heavy (non-hydrogen) atoms. The molecule has 2 aromatic carbocycles. The summed E-state index contributed by atoms with van der Waals surface area (Å²) in [6, 6.07) is 12.5. The molecule has 1 atom stereocenters. The first kappa shape index (κ1) is 19.5. The summed E-state index contributed by atoms with van der Waals surface area (Å²) in [6.45, 7) is 5.74. The lowest BCUT2D eigenvalue weighted by molar-refractivity contribution is 0.597. The largest absolute Gasteiger partial charge is 0.280 e. The van der Waals surface area contributed by atoms with Crippen LogP contribution in [0.3, 0.4) is 0 Å². The lowest BCUT2D eigenvalue weighted by Crippen LogP contribution is -2.13. The molecule has 7 heteroatoms. The molecular formula is C18H23NO4S2. The molecule has 0 aromatic heterocycles. The Morgan fingerprint density at radius 2 is 1.36 bits per heavy atom. The summed E-state index contributed by atoms with van der Waals surface area (Å²) in [5.41, 5.74) is 1.41. The fourth-order valence-corrected chi connectivity index (χ4v) is 4.26. The third-order valence-corrected chi connectivity index (χ3v) is 7.37. The van der Waals surface area contributed by atoms with Crippen molar-refractivity contribution in [3.05, 3.63) is 54.1 Å². The van der Waals surface area contributed by atoms with Crippen molar-refractivity contribution < 1.29 is 16.8 Å². The molecule has 0 aliphatic carbocycles. The second kappa shape index (κ2) is 7.58. The SMILES string of the molecule is CCC(C)c1ccc(S(=O)(=O)Nc2ccc(S(=O)(=O)CC)cc2)cc1. The molecule has 5 nitrogen and oxygen atoms in total. The van der Waals surface area contributed by atoms with Gasteiger partial charge >= 0.3 is 0 Å². The summed E-state index contributed by atoms with van der Waals surface area (Å²) in [4.78, 5) is 0.348. The minimum Gasteiger partial charge on any atom is -0.280 e. The number of sulfone groups is 1. The van der Waals surface area contributed by atoms with Crippen LogP contribution < -0.4 is 4.72 Å². The van der Waals surface area contributed by atoms with Gasteiger partial charge in [0.05, 0.1) is 15.5 Å². The third-order valence-electron chi connectivity index (χ3n) is 4.22. The van der Waals surface area contributed by atoms with E-state index in [1.54, 1.807) is 19.1 Å². The van der Waals surface area contributed by atoms with Crippen molar-refractivity contribution in [2.75, 3.05) is 10.5 Å². The number of rotatable bonds is 7. The number of nitrogens with one attached hydrogen (secondary N) is 1. The Morgan fingerprint density at radius 3 is 1.84 bits per heavy atom. The van der Waals surface area contributed by atoms with Crippen LogP contribution in [-0.2, 0) is 19.9 Å². The number of sulfonamides is 1. The molecule has 0 saturated heterocycles. The maximum Gasteiger partial charge on any atom is 0.261 e. The van der Waals surface area contributed by atoms with Crippen molar-refractivity contribution in [2.45, 2.75) is 42.9 Å². The van der Waals surface area contributed by atoms with E-state index in [0.717, 1.165) is 12.0 Å². The van der Waals surface area contributed by atoms with Crippen LogP contribution in [0.15, 0.2) is 58.3 Å². The maximum absolute atomic E-state index is 12.5. The first-order valence-electron chi connectivity index (χ1n) is 8.15. The zero-order valence-electron chi connectivity index (χ0n) is 14.6. The molecular weight excluding hydrogens is 358 g/mol. The molecule has 1 unspecified atom stereocenters. The Labute approximate surface area is 150 Å². The molecule has 0 radical (unpaired) electrons. The van der Waals surface area contributed by atoms with Gasteiger partial charge in [-0.05, 0) is 54.3 Å². The molecule has 0 bridgehead atoms. The zero-order valence-corrected chi connectivity index (χ0v) is 16.2. The van der Waals surface area contributed by atoms with Crippen molar-refractivity contribution >= 4 is 25.5 Å². The number of hydrogen-bond donors (Lipinski definition) is 1. The summed E-state index contributed by atoms with van der Waals surface area (Å²) in [6.07, 6.45) is 0.983. The van der Waals surface area contributed by atoms with Crippen molar-refractivity contribution in [1.82, 2.24) is 0 Å². The van der Waals surface area contributed by atoms with Gasteiger partial charge in [-0.2, -0.15) is 0 Å². The highest BCUT2D eigenvalue weighted by atomic mass is 32.2. The Balaban J connectivity index is 2.21.